The van der Waals surface area contributed by atoms with Crippen molar-refractivity contribution in [1.82, 2.24) is 20.0 Å². The molecule has 2 fully saturated rings. The predicted molar refractivity (Wildman–Crippen MR) is 133 cm³/mol. The second-order valence-electron chi connectivity index (χ2n) is 10.3. The Balaban J connectivity index is 1.58. The molecule has 2 aliphatic rings. The predicted octanol–water partition coefficient (Wildman–Crippen LogP) is 4.13. The average molecular weight is 485 g/mol. The minimum Gasteiger partial charge on any atom is -0.338 e. The van der Waals surface area contributed by atoms with Gasteiger partial charge in [0.2, 0.25) is 5.91 Å². The summed E-state index contributed by atoms with van der Waals surface area (Å²) in [7, 11) is 1.77. The highest BCUT2D eigenvalue weighted by Gasteiger charge is 2.39. The summed E-state index contributed by atoms with van der Waals surface area (Å²) in [6.07, 6.45) is 7.39. The van der Waals surface area contributed by atoms with Crippen LogP contribution in [0, 0.1) is 17.7 Å². The maximum Gasteiger partial charge on any atom is 0.226 e. The highest BCUT2D eigenvalue weighted by Crippen LogP contribution is 2.35. The Bertz CT molecular complexity index is 1090. The fourth-order valence-electron chi connectivity index (χ4n) is 5.83. The van der Waals surface area contributed by atoms with Crippen molar-refractivity contribution in [2.75, 3.05) is 13.6 Å². The molecule has 1 aromatic carbocycles. The Morgan fingerprint density at radius 1 is 1.14 bits per heavy atom. The van der Waals surface area contributed by atoms with E-state index in [9.17, 15) is 18.8 Å². The van der Waals surface area contributed by atoms with E-state index in [0.717, 1.165) is 38.5 Å². The molecule has 1 aromatic heterocycles. The van der Waals surface area contributed by atoms with Crippen molar-refractivity contribution in [3.8, 4) is 0 Å². The van der Waals surface area contributed by atoms with Crippen LogP contribution in [0.1, 0.15) is 75.7 Å². The zero-order valence-electron chi connectivity index (χ0n) is 21.1. The number of aromatic nitrogens is 2. The standard InChI is InChI=1S/C27H37FN4O3/c1-17(29-3)25(34)15-22(19-8-5-4-6-9-19)27(35)31-13-7-10-21(31)16-32-24-12-11-20(28)14-23(24)26(30-32)18(2)33/h11-12,14,17,19,21-22,29H,4-10,13,15-16H2,1-3H3. The summed E-state index contributed by atoms with van der Waals surface area (Å²) in [6, 6.07) is 4.02. The minimum atomic E-state index is -0.409. The van der Waals surface area contributed by atoms with E-state index in [4.69, 9.17) is 0 Å². The molecule has 0 radical (unpaired) electrons. The lowest BCUT2D eigenvalue weighted by atomic mass is 9.76. The molecule has 4 rings (SSSR count). The number of carbonyl (C=O) groups excluding carboxylic acids is 3. The molecule has 8 heteroatoms. The summed E-state index contributed by atoms with van der Waals surface area (Å²) >= 11 is 0. The topological polar surface area (TPSA) is 84.3 Å². The largest absolute Gasteiger partial charge is 0.338 e. The van der Waals surface area contributed by atoms with E-state index in [-0.39, 0.29) is 53.5 Å². The first-order valence-electron chi connectivity index (χ1n) is 13.0. The van der Waals surface area contributed by atoms with Crippen LogP contribution in [0.3, 0.4) is 0 Å². The van der Waals surface area contributed by atoms with Crippen LogP contribution in [-0.2, 0) is 16.1 Å². The van der Waals surface area contributed by atoms with E-state index in [1.807, 2.05) is 11.8 Å². The number of ketones is 2. The lowest BCUT2D eigenvalue weighted by Crippen LogP contribution is -2.45. The SMILES string of the molecule is CNC(C)C(=O)CC(C(=O)N1CCCC1Cn1nc(C(C)=O)c2cc(F)ccc21)C1CCCCC1. The minimum absolute atomic E-state index is 0.0709. The normalized spacial score (nSPS) is 20.8. The van der Waals surface area contributed by atoms with Gasteiger partial charge < -0.3 is 10.2 Å². The van der Waals surface area contributed by atoms with Crippen LogP contribution in [-0.4, -0.2) is 57.8 Å². The van der Waals surface area contributed by atoms with Gasteiger partial charge in [0.1, 0.15) is 17.3 Å². The van der Waals surface area contributed by atoms with Gasteiger partial charge in [-0.15, -0.1) is 0 Å². The maximum absolute atomic E-state index is 13.9. The molecule has 1 N–H and O–H groups in total. The number of Topliss-reactive ketones (excluding diaryl/α,β-unsaturated/α-hetero) is 2. The van der Waals surface area contributed by atoms with Gasteiger partial charge in [-0.3, -0.25) is 19.1 Å². The molecule has 3 atom stereocenters. The molecule has 3 unspecified atom stereocenters. The molecule has 1 amide bonds. The van der Waals surface area contributed by atoms with Crippen molar-refractivity contribution in [2.45, 2.75) is 83.8 Å². The summed E-state index contributed by atoms with van der Waals surface area (Å²) in [5, 5.41) is 8.02. The van der Waals surface area contributed by atoms with Crippen molar-refractivity contribution < 1.29 is 18.8 Å². The quantitative estimate of drug-likeness (QED) is 0.541. The van der Waals surface area contributed by atoms with Gasteiger partial charge in [-0.2, -0.15) is 5.10 Å². The van der Waals surface area contributed by atoms with Crippen LogP contribution in [0.4, 0.5) is 4.39 Å². The molecular weight excluding hydrogens is 447 g/mol. The van der Waals surface area contributed by atoms with Crippen molar-refractivity contribution in [3.63, 3.8) is 0 Å². The molecular formula is C27H37FN4O3. The maximum atomic E-state index is 13.9. The Labute approximate surface area is 206 Å². The summed E-state index contributed by atoms with van der Waals surface area (Å²) in [4.78, 5) is 40.9. The second kappa shape index (κ2) is 11.0. The van der Waals surface area contributed by atoms with E-state index in [1.165, 1.54) is 25.5 Å². The Morgan fingerprint density at radius 2 is 1.89 bits per heavy atom. The first-order valence-corrected chi connectivity index (χ1v) is 13.0. The number of halogens is 1. The zero-order valence-corrected chi connectivity index (χ0v) is 21.1. The van der Waals surface area contributed by atoms with Crippen molar-refractivity contribution >= 4 is 28.4 Å². The number of carbonyl (C=O) groups is 3. The first kappa shape index (κ1) is 25.5. The van der Waals surface area contributed by atoms with E-state index in [1.54, 1.807) is 17.8 Å². The molecule has 190 valence electrons. The number of fused-ring (bicyclic) bond motifs is 1. The van der Waals surface area contributed by atoms with E-state index < -0.39 is 5.82 Å². The summed E-state index contributed by atoms with van der Waals surface area (Å²) < 4.78 is 15.6. The number of hydrogen-bond donors (Lipinski definition) is 1. The molecule has 7 nitrogen and oxygen atoms in total. The fraction of sp³-hybridized carbons (Fsp3) is 0.630. The Kier molecular flexibility index (Phi) is 7.99. The molecule has 35 heavy (non-hydrogen) atoms. The van der Waals surface area contributed by atoms with Gasteiger partial charge in [-0.1, -0.05) is 19.3 Å². The van der Waals surface area contributed by atoms with Gasteiger partial charge >= 0.3 is 0 Å². The summed E-state index contributed by atoms with van der Waals surface area (Å²) in [5.41, 5.74) is 0.944. The van der Waals surface area contributed by atoms with Gasteiger partial charge in [-0.25, -0.2) is 4.39 Å². The third kappa shape index (κ3) is 5.47. The lowest BCUT2D eigenvalue weighted by molar-refractivity contribution is -0.141. The number of nitrogens with zero attached hydrogens (tertiary/aromatic N) is 3. The van der Waals surface area contributed by atoms with E-state index in [2.05, 4.69) is 10.4 Å². The monoisotopic (exact) mass is 484 g/mol. The van der Waals surface area contributed by atoms with Gasteiger partial charge in [0, 0.05) is 31.2 Å². The summed E-state index contributed by atoms with van der Waals surface area (Å²) in [6.45, 7) is 4.39. The van der Waals surface area contributed by atoms with Crippen LogP contribution >= 0.6 is 0 Å². The Hall–Kier alpha value is -2.61. The molecule has 1 saturated heterocycles. The number of nitrogens with one attached hydrogen (secondary N) is 1. The zero-order chi connectivity index (χ0) is 25.1. The molecule has 1 aliphatic heterocycles. The lowest BCUT2D eigenvalue weighted by Gasteiger charge is -2.35. The molecule has 1 saturated carbocycles. The van der Waals surface area contributed by atoms with Gasteiger partial charge in [-0.05, 0) is 63.8 Å². The van der Waals surface area contributed by atoms with Crippen LogP contribution in [0.2, 0.25) is 0 Å². The van der Waals surface area contributed by atoms with Crippen LogP contribution in [0.5, 0.6) is 0 Å². The molecule has 0 bridgehead atoms. The molecule has 1 aliphatic carbocycles. The smallest absolute Gasteiger partial charge is 0.226 e. The van der Waals surface area contributed by atoms with Crippen molar-refractivity contribution in [3.05, 3.63) is 29.7 Å². The Morgan fingerprint density at radius 3 is 2.57 bits per heavy atom. The fourth-order valence-corrected chi connectivity index (χ4v) is 5.83. The van der Waals surface area contributed by atoms with Gasteiger partial charge in [0.05, 0.1) is 24.1 Å². The van der Waals surface area contributed by atoms with Gasteiger partial charge in [0.25, 0.3) is 0 Å². The van der Waals surface area contributed by atoms with Crippen molar-refractivity contribution in [1.29, 1.82) is 0 Å². The molecule has 2 heterocycles. The molecule has 0 spiro atoms. The van der Waals surface area contributed by atoms with Gasteiger partial charge in [0.15, 0.2) is 5.78 Å². The van der Waals surface area contributed by atoms with Crippen LogP contribution < -0.4 is 5.32 Å². The van der Waals surface area contributed by atoms with E-state index >= 15 is 0 Å². The van der Waals surface area contributed by atoms with Crippen LogP contribution in [0.25, 0.3) is 10.9 Å². The van der Waals surface area contributed by atoms with Crippen LogP contribution in [0.15, 0.2) is 18.2 Å². The summed E-state index contributed by atoms with van der Waals surface area (Å²) in [5.74, 6) is -0.524. The number of rotatable bonds is 9. The number of likely N-dealkylation sites (N-methyl/N-ethyl adjacent to an activating group) is 1. The average Bonchev–Trinajstić information content (AvgIpc) is 3.46. The molecule has 2 aromatic rings. The number of benzene rings is 1. The van der Waals surface area contributed by atoms with E-state index in [0.29, 0.717) is 24.0 Å². The second-order valence-corrected chi connectivity index (χ2v) is 10.3. The number of likely N-dealkylation sites (tertiary alicyclic amines) is 1. The first-order chi connectivity index (χ1) is 16.8. The number of amides is 1. The third-order valence-corrected chi connectivity index (χ3v) is 7.96. The highest BCUT2D eigenvalue weighted by molar-refractivity contribution is 6.04. The highest BCUT2D eigenvalue weighted by atomic mass is 19.1. The number of hydrogen-bond acceptors (Lipinski definition) is 5. The third-order valence-electron chi connectivity index (χ3n) is 7.96. The van der Waals surface area contributed by atoms with Crippen molar-refractivity contribution in [2.24, 2.45) is 11.8 Å².